The van der Waals surface area contributed by atoms with Crippen molar-refractivity contribution in [2.45, 2.75) is 13.0 Å². The fourth-order valence-electron chi connectivity index (χ4n) is 1.29. The van der Waals surface area contributed by atoms with Crippen LogP contribution in [0, 0.1) is 0 Å². The molecule has 0 saturated carbocycles. The van der Waals surface area contributed by atoms with Gasteiger partial charge in [-0.1, -0.05) is 11.6 Å². The molecule has 2 aromatic rings. The number of aromatic amines is 1. The molecule has 1 atom stereocenters. The molecular weight excluding hydrogens is 246 g/mol. The molecule has 0 bridgehead atoms. The molecule has 2 N–H and O–H groups in total. The number of rotatable bonds is 3. The molecule has 2 heterocycles. The normalized spacial score (nSPS) is 12.4. The predicted molar refractivity (Wildman–Crippen MR) is 63.8 cm³/mol. The molecule has 0 aromatic carbocycles. The van der Waals surface area contributed by atoms with Gasteiger partial charge in [0, 0.05) is 11.1 Å². The molecule has 0 aliphatic carbocycles. The minimum atomic E-state index is -0.147. The summed E-state index contributed by atoms with van der Waals surface area (Å²) < 4.78 is 0.722. The second-order valence-electron chi connectivity index (χ2n) is 3.32. The molecule has 0 saturated heterocycles. The highest BCUT2D eigenvalue weighted by molar-refractivity contribution is 7.16. The molecule has 4 nitrogen and oxygen atoms in total. The van der Waals surface area contributed by atoms with Crippen LogP contribution in [0.3, 0.4) is 0 Å². The molecule has 0 aliphatic heterocycles. The van der Waals surface area contributed by atoms with Crippen molar-refractivity contribution >= 4 is 28.8 Å². The molecule has 1 amide bonds. The Morgan fingerprint density at radius 2 is 2.44 bits per heavy atom. The fourth-order valence-corrected chi connectivity index (χ4v) is 2.35. The Balaban J connectivity index is 2.03. The van der Waals surface area contributed by atoms with Crippen LogP contribution < -0.4 is 5.32 Å². The Hall–Kier alpha value is -1.33. The Bertz CT molecular complexity index is 480. The predicted octanol–water partition coefficient (Wildman–Crippen LogP) is 2.62. The van der Waals surface area contributed by atoms with Gasteiger partial charge in [-0.25, -0.2) is 0 Å². The number of halogens is 1. The summed E-state index contributed by atoms with van der Waals surface area (Å²) in [6.07, 6.45) is 3.05. The number of thiophene rings is 1. The van der Waals surface area contributed by atoms with E-state index in [0.717, 1.165) is 9.21 Å². The number of amides is 1. The van der Waals surface area contributed by atoms with E-state index in [0.29, 0.717) is 5.56 Å². The van der Waals surface area contributed by atoms with Gasteiger partial charge in [0.25, 0.3) is 5.91 Å². The van der Waals surface area contributed by atoms with Crippen LogP contribution in [0.25, 0.3) is 0 Å². The lowest BCUT2D eigenvalue weighted by Gasteiger charge is -2.10. The van der Waals surface area contributed by atoms with E-state index in [1.54, 1.807) is 6.20 Å². The third-order valence-corrected chi connectivity index (χ3v) is 3.54. The highest BCUT2D eigenvalue weighted by Gasteiger charge is 2.13. The molecule has 0 aliphatic rings. The van der Waals surface area contributed by atoms with Crippen LogP contribution in [-0.2, 0) is 0 Å². The van der Waals surface area contributed by atoms with Crippen molar-refractivity contribution in [2.75, 3.05) is 0 Å². The lowest BCUT2D eigenvalue weighted by atomic mass is 10.2. The standard InChI is InChI=1S/C10H10ClN3OS/c1-6(8-2-3-9(11)16-8)14-10(15)7-4-12-13-5-7/h2-6H,1H3,(H,12,13)(H,14,15). The first-order chi connectivity index (χ1) is 7.66. The van der Waals surface area contributed by atoms with Crippen molar-refractivity contribution in [1.82, 2.24) is 15.5 Å². The number of nitrogens with zero attached hydrogens (tertiary/aromatic N) is 1. The van der Waals surface area contributed by atoms with Crippen molar-refractivity contribution in [3.63, 3.8) is 0 Å². The zero-order valence-electron chi connectivity index (χ0n) is 8.53. The molecule has 0 radical (unpaired) electrons. The van der Waals surface area contributed by atoms with Crippen LogP contribution in [0.1, 0.15) is 28.2 Å². The van der Waals surface area contributed by atoms with Gasteiger partial charge in [-0.3, -0.25) is 9.89 Å². The van der Waals surface area contributed by atoms with Gasteiger partial charge in [0.2, 0.25) is 0 Å². The zero-order chi connectivity index (χ0) is 11.5. The first-order valence-corrected chi connectivity index (χ1v) is 5.91. The highest BCUT2D eigenvalue weighted by Crippen LogP contribution is 2.26. The molecule has 84 valence electrons. The largest absolute Gasteiger partial charge is 0.345 e. The summed E-state index contributed by atoms with van der Waals surface area (Å²) in [4.78, 5) is 12.7. The van der Waals surface area contributed by atoms with Gasteiger partial charge >= 0.3 is 0 Å². The minimum Gasteiger partial charge on any atom is -0.345 e. The van der Waals surface area contributed by atoms with Gasteiger partial charge in [0.05, 0.1) is 22.1 Å². The summed E-state index contributed by atoms with van der Waals surface area (Å²) in [5.74, 6) is -0.147. The van der Waals surface area contributed by atoms with E-state index in [1.165, 1.54) is 17.5 Å². The molecule has 0 spiro atoms. The van der Waals surface area contributed by atoms with Crippen LogP contribution in [0.5, 0.6) is 0 Å². The average molecular weight is 256 g/mol. The summed E-state index contributed by atoms with van der Waals surface area (Å²) in [5.41, 5.74) is 0.523. The van der Waals surface area contributed by atoms with E-state index >= 15 is 0 Å². The minimum absolute atomic E-state index is 0.0556. The monoisotopic (exact) mass is 255 g/mol. The lowest BCUT2D eigenvalue weighted by molar-refractivity contribution is 0.0940. The van der Waals surface area contributed by atoms with Crippen molar-refractivity contribution in [3.05, 3.63) is 39.3 Å². The Morgan fingerprint density at radius 3 is 3.00 bits per heavy atom. The Morgan fingerprint density at radius 1 is 1.62 bits per heavy atom. The van der Waals surface area contributed by atoms with E-state index in [9.17, 15) is 4.79 Å². The second-order valence-corrected chi connectivity index (χ2v) is 5.07. The lowest BCUT2D eigenvalue weighted by Crippen LogP contribution is -2.25. The maximum Gasteiger partial charge on any atom is 0.254 e. The van der Waals surface area contributed by atoms with Crippen molar-refractivity contribution < 1.29 is 4.79 Å². The summed E-state index contributed by atoms with van der Waals surface area (Å²) in [5, 5.41) is 9.19. The van der Waals surface area contributed by atoms with Crippen LogP contribution >= 0.6 is 22.9 Å². The highest BCUT2D eigenvalue weighted by atomic mass is 35.5. The Kier molecular flexibility index (Phi) is 3.26. The zero-order valence-corrected chi connectivity index (χ0v) is 10.1. The summed E-state index contributed by atoms with van der Waals surface area (Å²) >= 11 is 7.29. The van der Waals surface area contributed by atoms with Gasteiger partial charge in [-0.2, -0.15) is 5.10 Å². The number of aromatic nitrogens is 2. The number of hydrogen-bond acceptors (Lipinski definition) is 3. The van der Waals surface area contributed by atoms with Crippen LogP contribution in [-0.4, -0.2) is 16.1 Å². The van der Waals surface area contributed by atoms with E-state index in [1.807, 2.05) is 19.1 Å². The third kappa shape index (κ3) is 2.43. The Labute approximate surface area is 102 Å². The molecule has 0 fully saturated rings. The number of H-pyrrole nitrogens is 1. The molecule has 2 rings (SSSR count). The number of hydrogen-bond donors (Lipinski definition) is 2. The van der Waals surface area contributed by atoms with Crippen LogP contribution in [0.4, 0.5) is 0 Å². The smallest absolute Gasteiger partial charge is 0.254 e. The van der Waals surface area contributed by atoms with Crippen molar-refractivity contribution in [1.29, 1.82) is 0 Å². The average Bonchev–Trinajstić information content (AvgIpc) is 2.87. The van der Waals surface area contributed by atoms with Gasteiger partial charge in [-0.15, -0.1) is 11.3 Å². The number of nitrogens with one attached hydrogen (secondary N) is 2. The van der Waals surface area contributed by atoms with Crippen LogP contribution in [0.15, 0.2) is 24.5 Å². The first-order valence-electron chi connectivity index (χ1n) is 4.71. The van der Waals surface area contributed by atoms with Gasteiger partial charge < -0.3 is 5.32 Å². The molecule has 6 heteroatoms. The summed E-state index contributed by atoms with van der Waals surface area (Å²) in [7, 11) is 0. The quantitative estimate of drug-likeness (QED) is 0.886. The maximum atomic E-state index is 11.7. The van der Waals surface area contributed by atoms with Gasteiger partial charge in [0.1, 0.15) is 0 Å². The number of carbonyl (C=O) groups excluding carboxylic acids is 1. The molecule has 16 heavy (non-hydrogen) atoms. The third-order valence-electron chi connectivity index (χ3n) is 2.13. The van der Waals surface area contributed by atoms with E-state index in [4.69, 9.17) is 11.6 Å². The van der Waals surface area contributed by atoms with E-state index in [2.05, 4.69) is 15.5 Å². The second kappa shape index (κ2) is 4.67. The molecule has 2 aromatic heterocycles. The topological polar surface area (TPSA) is 57.8 Å². The van der Waals surface area contributed by atoms with Gasteiger partial charge in [0.15, 0.2) is 0 Å². The summed E-state index contributed by atoms with van der Waals surface area (Å²) in [6.45, 7) is 1.92. The van der Waals surface area contributed by atoms with Crippen LogP contribution in [0.2, 0.25) is 4.34 Å². The van der Waals surface area contributed by atoms with E-state index < -0.39 is 0 Å². The summed E-state index contributed by atoms with van der Waals surface area (Å²) in [6, 6.07) is 3.68. The maximum absolute atomic E-state index is 11.7. The SMILES string of the molecule is CC(NC(=O)c1cn[nH]c1)c1ccc(Cl)s1. The van der Waals surface area contributed by atoms with E-state index in [-0.39, 0.29) is 11.9 Å². The fraction of sp³-hybridized carbons (Fsp3) is 0.200. The number of carbonyl (C=O) groups is 1. The van der Waals surface area contributed by atoms with Crippen molar-refractivity contribution in [2.24, 2.45) is 0 Å². The first kappa shape index (κ1) is 11.2. The van der Waals surface area contributed by atoms with Gasteiger partial charge in [-0.05, 0) is 19.1 Å². The van der Waals surface area contributed by atoms with Crippen molar-refractivity contribution in [3.8, 4) is 0 Å². The molecular formula is C10H10ClN3OS. The molecule has 1 unspecified atom stereocenters.